The van der Waals surface area contributed by atoms with Crippen LogP contribution in [-0.2, 0) is 27.9 Å². The second-order valence-electron chi connectivity index (χ2n) is 11.4. The van der Waals surface area contributed by atoms with Gasteiger partial charge >= 0.3 is 0 Å². The van der Waals surface area contributed by atoms with E-state index in [0.29, 0.717) is 22.2 Å². The van der Waals surface area contributed by atoms with E-state index in [0.717, 1.165) is 39.5 Å². The highest BCUT2D eigenvalue weighted by Gasteiger charge is 2.18. The van der Waals surface area contributed by atoms with Crippen LogP contribution in [0.5, 0.6) is 0 Å². The van der Waals surface area contributed by atoms with Gasteiger partial charge in [0.15, 0.2) is 0 Å². The highest BCUT2D eigenvalue weighted by molar-refractivity contribution is 7.77. The summed E-state index contributed by atoms with van der Waals surface area (Å²) in [6.07, 6.45) is 0.586. The number of amides is 1. The standard InChI is InChI=1S/C34H32Cl2N4O3S/c1-34(2,3)25-12-8-23(9-13-25)22-6-4-21(5-7-22)18-30-38-32(33(39-30)28-17-14-26(35)19-29(28)36)24-10-15-27(16-11-24)37-20-31(41)40-44(42)43/h4-17,19,37H,18,20H2,1-3H3,(H,38,39)(H,40,41)(H,42,43). The molecule has 0 saturated carbocycles. The van der Waals surface area contributed by atoms with Crippen LogP contribution in [0.2, 0.25) is 10.0 Å². The fourth-order valence-corrected chi connectivity index (χ4v) is 5.60. The molecule has 7 nitrogen and oxygen atoms in total. The molecule has 0 saturated heterocycles. The van der Waals surface area contributed by atoms with E-state index in [-0.39, 0.29) is 12.0 Å². The number of nitrogens with zero attached hydrogens (tertiary/aromatic N) is 1. The number of anilines is 1. The van der Waals surface area contributed by atoms with Crippen LogP contribution in [0.15, 0.2) is 91.0 Å². The summed E-state index contributed by atoms with van der Waals surface area (Å²) in [6.45, 7) is 6.49. The first-order valence-electron chi connectivity index (χ1n) is 13.9. The number of carbonyl (C=O) groups excluding carboxylic acids is 1. The molecule has 4 aromatic carbocycles. The summed E-state index contributed by atoms with van der Waals surface area (Å²) in [6, 6.07) is 30.0. The Morgan fingerprint density at radius 3 is 2.09 bits per heavy atom. The molecule has 0 spiro atoms. The Kier molecular flexibility index (Phi) is 9.56. The molecule has 0 aliphatic rings. The Bertz CT molecular complexity index is 1800. The van der Waals surface area contributed by atoms with Crippen molar-refractivity contribution < 1.29 is 13.6 Å². The molecule has 226 valence electrons. The molecule has 1 unspecified atom stereocenters. The van der Waals surface area contributed by atoms with Crippen molar-refractivity contribution in [1.29, 1.82) is 0 Å². The van der Waals surface area contributed by atoms with Crippen molar-refractivity contribution in [3.05, 3.63) is 118 Å². The number of carbonyl (C=O) groups is 1. The molecular formula is C34H32Cl2N4O3S. The highest BCUT2D eigenvalue weighted by Crippen LogP contribution is 2.36. The van der Waals surface area contributed by atoms with E-state index in [1.165, 1.54) is 11.1 Å². The first-order valence-corrected chi connectivity index (χ1v) is 15.8. The fourth-order valence-electron chi connectivity index (χ4n) is 4.83. The van der Waals surface area contributed by atoms with Gasteiger partial charge in [-0.25, -0.2) is 9.19 Å². The van der Waals surface area contributed by atoms with Crippen molar-refractivity contribution in [2.75, 3.05) is 11.9 Å². The third-order valence-electron chi connectivity index (χ3n) is 7.18. The van der Waals surface area contributed by atoms with Gasteiger partial charge in [-0.2, -0.15) is 0 Å². The summed E-state index contributed by atoms with van der Waals surface area (Å²) in [5.74, 6) is 0.178. The second-order valence-corrected chi connectivity index (χ2v) is 13.0. The zero-order valence-electron chi connectivity index (χ0n) is 24.4. The van der Waals surface area contributed by atoms with Crippen molar-refractivity contribution in [3.8, 4) is 33.6 Å². The molecule has 1 atom stereocenters. The Labute approximate surface area is 269 Å². The van der Waals surface area contributed by atoms with Crippen molar-refractivity contribution in [3.63, 3.8) is 0 Å². The number of hydrogen-bond acceptors (Lipinski definition) is 4. The quantitative estimate of drug-likeness (QED) is 0.121. The maximum atomic E-state index is 11.7. The molecule has 4 N–H and O–H groups in total. The monoisotopic (exact) mass is 646 g/mol. The van der Waals surface area contributed by atoms with E-state index in [4.69, 9.17) is 32.7 Å². The lowest BCUT2D eigenvalue weighted by Crippen LogP contribution is -2.30. The molecule has 0 bridgehead atoms. The van der Waals surface area contributed by atoms with Crippen molar-refractivity contribution in [1.82, 2.24) is 14.7 Å². The van der Waals surface area contributed by atoms with E-state index < -0.39 is 17.2 Å². The number of imidazole rings is 1. The maximum absolute atomic E-state index is 11.7. The molecule has 0 aliphatic carbocycles. The fraction of sp³-hybridized carbons (Fsp3) is 0.176. The summed E-state index contributed by atoms with van der Waals surface area (Å²) in [7, 11) is 0. The number of benzene rings is 4. The predicted octanol–water partition coefficient (Wildman–Crippen LogP) is 8.27. The van der Waals surface area contributed by atoms with Crippen molar-refractivity contribution in [2.24, 2.45) is 0 Å². The Morgan fingerprint density at radius 2 is 1.50 bits per heavy atom. The first-order chi connectivity index (χ1) is 21.0. The molecule has 1 amide bonds. The number of aromatic amines is 1. The molecule has 44 heavy (non-hydrogen) atoms. The topological polar surface area (TPSA) is 107 Å². The van der Waals surface area contributed by atoms with Gasteiger partial charge in [-0.3, -0.25) is 14.1 Å². The lowest BCUT2D eigenvalue weighted by molar-refractivity contribution is -0.117. The molecule has 5 rings (SSSR count). The number of rotatable bonds is 9. The van der Waals surface area contributed by atoms with Gasteiger partial charge in [-0.05, 0) is 58.0 Å². The van der Waals surface area contributed by atoms with Gasteiger partial charge in [-0.1, -0.05) is 105 Å². The van der Waals surface area contributed by atoms with Gasteiger partial charge in [0.25, 0.3) is 17.2 Å². The van der Waals surface area contributed by atoms with Gasteiger partial charge in [0.2, 0.25) is 0 Å². The summed E-state index contributed by atoms with van der Waals surface area (Å²) in [4.78, 5) is 20.2. The normalized spacial score (nSPS) is 12.1. The predicted molar refractivity (Wildman–Crippen MR) is 180 cm³/mol. The van der Waals surface area contributed by atoms with Crippen LogP contribution in [0.3, 0.4) is 0 Å². The van der Waals surface area contributed by atoms with Crippen LogP contribution in [0.1, 0.15) is 37.7 Å². The van der Waals surface area contributed by atoms with E-state index in [1.807, 2.05) is 35.1 Å². The average molecular weight is 648 g/mol. The van der Waals surface area contributed by atoms with Crippen molar-refractivity contribution >= 4 is 46.1 Å². The second kappa shape index (κ2) is 13.4. The first kappa shape index (κ1) is 31.5. The number of halogens is 2. The van der Waals surface area contributed by atoms with Crippen molar-refractivity contribution in [2.45, 2.75) is 32.6 Å². The highest BCUT2D eigenvalue weighted by atomic mass is 35.5. The van der Waals surface area contributed by atoms with E-state index in [2.05, 4.69) is 79.6 Å². The van der Waals surface area contributed by atoms with Gasteiger partial charge < -0.3 is 10.3 Å². The number of aromatic nitrogens is 2. The summed E-state index contributed by atoms with van der Waals surface area (Å²) in [5.41, 5.74) is 8.62. The molecule has 0 radical (unpaired) electrons. The van der Waals surface area contributed by atoms with Crippen LogP contribution < -0.4 is 10.0 Å². The third kappa shape index (κ3) is 7.76. The molecule has 1 aromatic heterocycles. The minimum Gasteiger partial charge on any atom is -0.376 e. The lowest BCUT2D eigenvalue weighted by atomic mass is 9.86. The molecule has 5 aromatic rings. The smallest absolute Gasteiger partial charge is 0.261 e. The summed E-state index contributed by atoms with van der Waals surface area (Å²) in [5, 5.41) is 3.97. The number of hydrogen-bond donors (Lipinski definition) is 4. The molecule has 1 heterocycles. The third-order valence-corrected chi connectivity index (χ3v) is 8.13. The maximum Gasteiger partial charge on any atom is 0.261 e. The zero-order chi connectivity index (χ0) is 31.4. The number of H-pyrrole nitrogens is 1. The van der Waals surface area contributed by atoms with E-state index in [9.17, 15) is 9.00 Å². The Balaban J connectivity index is 1.39. The van der Waals surface area contributed by atoms with Gasteiger partial charge in [-0.15, -0.1) is 0 Å². The van der Waals surface area contributed by atoms with E-state index in [1.54, 1.807) is 12.1 Å². The zero-order valence-corrected chi connectivity index (χ0v) is 26.8. The molecule has 0 fully saturated rings. The van der Waals surface area contributed by atoms with Gasteiger partial charge in [0.1, 0.15) is 5.82 Å². The number of nitrogens with one attached hydrogen (secondary N) is 3. The minimum atomic E-state index is -2.40. The summed E-state index contributed by atoms with van der Waals surface area (Å²) < 4.78 is 21.5. The molecule has 0 aliphatic heterocycles. The minimum absolute atomic E-state index is 0.112. The average Bonchev–Trinajstić information content (AvgIpc) is 3.39. The molecular weight excluding hydrogens is 615 g/mol. The summed E-state index contributed by atoms with van der Waals surface area (Å²) >= 11 is 10.4. The van der Waals surface area contributed by atoms with Gasteiger partial charge in [0, 0.05) is 28.3 Å². The van der Waals surface area contributed by atoms with Crippen LogP contribution in [0.4, 0.5) is 5.69 Å². The lowest BCUT2D eigenvalue weighted by Gasteiger charge is -2.19. The largest absolute Gasteiger partial charge is 0.376 e. The van der Waals surface area contributed by atoms with Crippen LogP contribution in [0.25, 0.3) is 33.6 Å². The van der Waals surface area contributed by atoms with Crippen LogP contribution >= 0.6 is 23.2 Å². The van der Waals surface area contributed by atoms with Gasteiger partial charge in [0.05, 0.1) is 23.0 Å². The Hall–Kier alpha value is -3.95. The van der Waals surface area contributed by atoms with Crippen LogP contribution in [0, 0.1) is 0 Å². The SMILES string of the molecule is CC(C)(C)c1ccc(-c2ccc(Cc3nc(-c4ccc(NCC(=O)NS(=O)O)cc4)c(-c4ccc(Cl)cc4Cl)[nH]3)cc2)cc1. The van der Waals surface area contributed by atoms with E-state index >= 15 is 0 Å². The Morgan fingerprint density at radius 1 is 0.886 bits per heavy atom. The molecule has 10 heteroatoms. The van der Waals surface area contributed by atoms with Crippen LogP contribution in [-0.4, -0.2) is 31.2 Å².